The highest BCUT2D eigenvalue weighted by Crippen LogP contribution is 2.27. The van der Waals surface area contributed by atoms with Crippen molar-refractivity contribution in [1.29, 1.82) is 0 Å². The summed E-state index contributed by atoms with van der Waals surface area (Å²) in [7, 11) is 0. The molecule has 0 aliphatic rings. The third-order valence-electron chi connectivity index (χ3n) is 3.47. The smallest absolute Gasteiger partial charge is 0.112 e. The topological polar surface area (TPSA) is 84.9 Å². The number of pyridine rings is 3. The van der Waals surface area contributed by atoms with E-state index >= 15 is 0 Å². The molecule has 0 radical (unpaired) electrons. The first-order valence-corrected chi connectivity index (χ1v) is 6.83. The number of anilines is 1. The molecule has 3 heterocycles. The molecule has 0 fully saturated rings. The van der Waals surface area contributed by atoms with Crippen LogP contribution in [0.25, 0.3) is 22.3 Å². The molecule has 3 rings (SSSR count). The highest BCUT2D eigenvalue weighted by atomic mass is 16.3. The molecule has 0 aliphatic carbocycles. The van der Waals surface area contributed by atoms with Crippen molar-refractivity contribution in [3.8, 4) is 11.3 Å². The molecule has 0 aliphatic heterocycles. The van der Waals surface area contributed by atoms with Crippen LogP contribution in [0.1, 0.15) is 18.2 Å². The largest absolute Gasteiger partial charge is 0.397 e. The molecule has 3 N–H and O–H groups in total. The summed E-state index contributed by atoms with van der Waals surface area (Å²) in [6.45, 7) is 1.98. The first-order chi connectivity index (χ1) is 10.2. The fourth-order valence-corrected chi connectivity index (χ4v) is 2.36. The minimum atomic E-state index is -0.111. The Morgan fingerprint density at radius 3 is 2.81 bits per heavy atom. The Labute approximate surface area is 122 Å². The van der Waals surface area contributed by atoms with E-state index in [1.165, 1.54) is 5.56 Å². The Morgan fingerprint density at radius 1 is 1.19 bits per heavy atom. The summed E-state index contributed by atoms with van der Waals surface area (Å²) in [6, 6.07) is 7.38. The van der Waals surface area contributed by atoms with Crippen molar-refractivity contribution in [3.63, 3.8) is 0 Å². The average molecular weight is 280 g/mol. The van der Waals surface area contributed by atoms with Gasteiger partial charge in [-0.25, -0.2) is 9.97 Å². The van der Waals surface area contributed by atoms with E-state index in [2.05, 4.69) is 21.9 Å². The van der Waals surface area contributed by atoms with Gasteiger partial charge < -0.3 is 10.8 Å². The first-order valence-electron chi connectivity index (χ1n) is 6.83. The van der Waals surface area contributed by atoms with Crippen LogP contribution in [-0.2, 0) is 13.0 Å². The lowest BCUT2D eigenvalue weighted by molar-refractivity contribution is 0.277. The van der Waals surface area contributed by atoms with E-state index < -0.39 is 0 Å². The van der Waals surface area contributed by atoms with Crippen molar-refractivity contribution in [1.82, 2.24) is 15.0 Å². The van der Waals surface area contributed by atoms with Gasteiger partial charge in [-0.3, -0.25) is 4.98 Å². The second kappa shape index (κ2) is 5.46. The van der Waals surface area contributed by atoms with Crippen LogP contribution in [0.15, 0.2) is 36.7 Å². The number of aryl methyl sites for hydroxylation is 1. The third-order valence-corrected chi connectivity index (χ3v) is 3.47. The number of hydrogen-bond donors (Lipinski definition) is 2. The zero-order chi connectivity index (χ0) is 14.8. The van der Waals surface area contributed by atoms with Gasteiger partial charge in [0.1, 0.15) is 5.52 Å². The fourth-order valence-electron chi connectivity index (χ4n) is 2.36. The second-order valence-corrected chi connectivity index (χ2v) is 4.81. The number of fused-ring (bicyclic) bond motifs is 1. The molecule has 3 aromatic rings. The number of rotatable bonds is 3. The monoisotopic (exact) mass is 280 g/mol. The standard InChI is InChI=1S/C16H16N4O/c1-2-10-5-6-18-8-12(10)15-7-13(17)16-14(20-15)4-3-11(9-21)19-16/h3-8,21H,2,9H2,1H3,(H2,17,20). The first kappa shape index (κ1) is 13.5. The number of aliphatic hydroxyl groups excluding tert-OH is 1. The molecule has 0 bridgehead atoms. The van der Waals surface area contributed by atoms with E-state index in [1.807, 2.05) is 24.4 Å². The quantitative estimate of drug-likeness (QED) is 0.769. The van der Waals surface area contributed by atoms with Gasteiger partial charge in [-0.1, -0.05) is 6.92 Å². The van der Waals surface area contributed by atoms with Crippen LogP contribution in [-0.4, -0.2) is 20.1 Å². The SMILES string of the molecule is CCc1ccncc1-c1cc(N)c2nc(CO)ccc2n1. The van der Waals surface area contributed by atoms with Gasteiger partial charge in [0.2, 0.25) is 0 Å². The number of aliphatic hydroxyl groups is 1. The Morgan fingerprint density at radius 2 is 2.05 bits per heavy atom. The van der Waals surface area contributed by atoms with Crippen LogP contribution < -0.4 is 5.73 Å². The third kappa shape index (κ3) is 2.43. The number of hydrogen-bond acceptors (Lipinski definition) is 5. The normalized spacial score (nSPS) is 11.0. The maximum atomic E-state index is 9.16. The van der Waals surface area contributed by atoms with Crippen LogP contribution in [0, 0.1) is 0 Å². The summed E-state index contributed by atoms with van der Waals surface area (Å²) in [6.07, 6.45) is 4.49. The molecule has 106 valence electrons. The lowest BCUT2D eigenvalue weighted by Gasteiger charge is -2.09. The Bertz CT molecular complexity index is 801. The summed E-state index contributed by atoms with van der Waals surface area (Å²) in [5, 5.41) is 9.16. The molecule has 0 amide bonds. The molecule has 0 atom stereocenters. The van der Waals surface area contributed by atoms with Gasteiger partial charge in [-0.05, 0) is 36.2 Å². The lowest BCUT2D eigenvalue weighted by atomic mass is 10.0. The van der Waals surface area contributed by atoms with Crippen molar-refractivity contribution in [3.05, 3.63) is 47.9 Å². The molecular weight excluding hydrogens is 264 g/mol. The summed E-state index contributed by atoms with van der Waals surface area (Å²) >= 11 is 0. The zero-order valence-electron chi connectivity index (χ0n) is 11.7. The number of nitrogens with zero attached hydrogens (tertiary/aromatic N) is 3. The molecule has 3 aromatic heterocycles. The van der Waals surface area contributed by atoms with Crippen LogP contribution in [0.4, 0.5) is 5.69 Å². The molecule has 0 saturated carbocycles. The minimum absolute atomic E-state index is 0.111. The van der Waals surface area contributed by atoms with Crippen molar-refractivity contribution in [2.45, 2.75) is 20.0 Å². The van der Waals surface area contributed by atoms with Crippen molar-refractivity contribution < 1.29 is 5.11 Å². The Balaban J connectivity index is 2.21. The maximum Gasteiger partial charge on any atom is 0.112 e. The summed E-state index contributed by atoms with van der Waals surface area (Å²) < 4.78 is 0. The van der Waals surface area contributed by atoms with Crippen LogP contribution >= 0.6 is 0 Å². The van der Waals surface area contributed by atoms with E-state index in [0.717, 1.165) is 17.7 Å². The molecule has 5 heteroatoms. The van der Waals surface area contributed by atoms with Gasteiger partial charge in [0.25, 0.3) is 0 Å². The van der Waals surface area contributed by atoms with E-state index in [1.54, 1.807) is 12.3 Å². The van der Waals surface area contributed by atoms with Crippen molar-refractivity contribution in [2.75, 3.05) is 5.73 Å². The van der Waals surface area contributed by atoms with Crippen LogP contribution in [0.2, 0.25) is 0 Å². The second-order valence-electron chi connectivity index (χ2n) is 4.81. The minimum Gasteiger partial charge on any atom is -0.397 e. The summed E-state index contributed by atoms with van der Waals surface area (Å²) in [4.78, 5) is 13.1. The summed E-state index contributed by atoms with van der Waals surface area (Å²) in [5.41, 5.74) is 11.5. The van der Waals surface area contributed by atoms with Gasteiger partial charge >= 0.3 is 0 Å². The van der Waals surface area contributed by atoms with Crippen LogP contribution in [0.5, 0.6) is 0 Å². The number of nitrogens with two attached hydrogens (primary N) is 1. The fraction of sp³-hybridized carbons (Fsp3) is 0.188. The molecule has 0 aromatic carbocycles. The Hall–Kier alpha value is -2.53. The predicted octanol–water partition coefficient (Wildman–Crippen LogP) is 2.33. The number of aromatic nitrogens is 3. The van der Waals surface area contributed by atoms with Crippen molar-refractivity contribution in [2.24, 2.45) is 0 Å². The number of nitrogen functional groups attached to an aromatic ring is 1. The lowest BCUT2D eigenvalue weighted by Crippen LogP contribution is -1.99. The highest BCUT2D eigenvalue weighted by Gasteiger charge is 2.10. The Kier molecular flexibility index (Phi) is 3.50. The van der Waals surface area contributed by atoms with Gasteiger partial charge in [0.15, 0.2) is 0 Å². The predicted molar refractivity (Wildman–Crippen MR) is 82.5 cm³/mol. The van der Waals surface area contributed by atoms with E-state index in [-0.39, 0.29) is 6.61 Å². The van der Waals surface area contributed by atoms with Gasteiger partial charge in [-0.2, -0.15) is 0 Å². The summed E-state index contributed by atoms with van der Waals surface area (Å²) in [5.74, 6) is 0. The van der Waals surface area contributed by atoms with E-state index in [4.69, 9.17) is 10.8 Å². The molecule has 21 heavy (non-hydrogen) atoms. The molecular formula is C16H16N4O. The van der Waals surface area contributed by atoms with E-state index in [0.29, 0.717) is 22.4 Å². The molecule has 5 nitrogen and oxygen atoms in total. The average Bonchev–Trinajstić information content (AvgIpc) is 2.54. The maximum absolute atomic E-state index is 9.16. The molecule has 0 unspecified atom stereocenters. The van der Waals surface area contributed by atoms with Gasteiger partial charge in [0, 0.05) is 18.0 Å². The van der Waals surface area contributed by atoms with Gasteiger partial charge in [0.05, 0.1) is 29.2 Å². The van der Waals surface area contributed by atoms with E-state index in [9.17, 15) is 0 Å². The van der Waals surface area contributed by atoms with Crippen molar-refractivity contribution >= 4 is 16.7 Å². The zero-order valence-corrected chi connectivity index (χ0v) is 11.7. The molecule has 0 spiro atoms. The highest BCUT2D eigenvalue weighted by molar-refractivity contribution is 5.89. The molecule has 0 saturated heterocycles. The van der Waals surface area contributed by atoms with Crippen LogP contribution in [0.3, 0.4) is 0 Å². The van der Waals surface area contributed by atoms with Gasteiger partial charge in [-0.15, -0.1) is 0 Å².